The van der Waals surface area contributed by atoms with Gasteiger partial charge in [0.2, 0.25) is 0 Å². The summed E-state index contributed by atoms with van der Waals surface area (Å²) >= 11 is 0. The maximum absolute atomic E-state index is 11.0. The van der Waals surface area contributed by atoms with Crippen molar-refractivity contribution < 1.29 is 15.0 Å². The van der Waals surface area contributed by atoms with E-state index in [2.05, 4.69) is 4.90 Å². The van der Waals surface area contributed by atoms with Gasteiger partial charge in [-0.05, 0) is 49.9 Å². The number of rotatable bonds is 3. The lowest BCUT2D eigenvalue weighted by molar-refractivity contribution is 0.0696. The fraction of sp³-hybridized carbons (Fsp3) is 0.500. The summed E-state index contributed by atoms with van der Waals surface area (Å²) in [5.41, 5.74) is 2.12. The summed E-state index contributed by atoms with van der Waals surface area (Å²) in [7, 11) is 0. The highest BCUT2D eigenvalue weighted by Gasteiger charge is 2.22. The van der Waals surface area contributed by atoms with Crippen LogP contribution in [0.3, 0.4) is 0 Å². The third kappa shape index (κ3) is 2.48. The lowest BCUT2D eigenvalue weighted by atomic mass is 10.0. The molecule has 1 aromatic rings. The Morgan fingerprint density at radius 2 is 2.22 bits per heavy atom. The summed E-state index contributed by atoms with van der Waals surface area (Å²) in [6, 6.07) is 5.55. The summed E-state index contributed by atoms with van der Waals surface area (Å²) in [6.07, 6.45) is 3.26. The van der Waals surface area contributed by atoms with E-state index in [1.165, 1.54) is 0 Å². The molecule has 0 bridgehead atoms. The molecule has 4 heteroatoms. The zero-order valence-corrected chi connectivity index (χ0v) is 10.6. The lowest BCUT2D eigenvalue weighted by Crippen LogP contribution is -2.41. The molecule has 2 rings (SSSR count). The molecule has 0 amide bonds. The van der Waals surface area contributed by atoms with Gasteiger partial charge in [-0.3, -0.25) is 0 Å². The number of nitrogens with zero attached hydrogens (tertiary/aromatic N) is 1. The second kappa shape index (κ2) is 5.40. The first-order valence-electron chi connectivity index (χ1n) is 6.35. The highest BCUT2D eigenvalue weighted by Crippen LogP contribution is 2.26. The molecule has 1 aromatic carbocycles. The largest absolute Gasteiger partial charge is 0.478 e. The Bertz CT molecular complexity index is 445. The normalized spacial score (nSPS) is 19.9. The summed E-state index contributed by atoms with van der Waals surface area (Å²) in [5, 5.41) is 18.4. The van der Waals surface area contributed by atoms with Crippen LogP contribution in [0.1, 0.15) is 35.2 Å². The Morgan fingerprint density at radius 1 is 1.44 bits per heavy atom. The minimum atomic E-state index is -0.892. The third-order valence-corrected chi connectivity index (χ3v) is 3.61. The molecule has 1 aliphatic heterocycles. The van der Waals surface area contributed by atoms with Crippen molar-refractivity contribution >= 4 is 11.7 Å². The number of piperidine rings is 1. The standard InChI is InChI=1S/C14H19NO3/c1-10-8-11(5-6-13(10)14(17)18)15-7-3-2-4-12(15)9-16/h5-6,8,12,16H,2-4,7,9H2,1H3,(H,17,18). The molecule has 1 atom stereocenters. The average molecular weight is 249 g/mol. The Balaban J connectivity index is 2.27. The monoisotopic (exact) mass is 249 g/mol. The van der Waals surface area contributed by atoms with E-state index in [0.29, 0.717) is 5.56 Å². The molecule has 1 heterocycles. The van der Waals surface area contributed by atoms with Gasteiger partial charge in [0.05, 0.1) is 18.2 Å². The van der Waals surface area contributed by atoms with Gasteiger partial charge in [-0.15, -0.1) is 0 Å². The van der Waals surface area contributed by atoms with Gasteiger partial charge in [-0.25, -0.2) is 4.79 Å². The van der Waals surface area contributed by atoms with Crippen LogP contribution in [0.25, 0.3) is 0 Å². The number of aliphatic hydroxyl groups is 1. The fourth-order valence-corrected chi connectivity index (χ4v) is 2.60. The Labute approximate surface area is 107 Å². The number of aliphatic hydroxyl groups excluding tert-OH is 1. The van der Waals surface area contributed by atoms with Gasteiger partial charge >= 0.3 is 5.97 Å². The molecule has 18 heavy (non-hydrogen) atoms. The van der Waals surface area contributed by atoms with Gasteiger partial charge in [0, 0.05) is 12.2 Å². The van der Waals surface area contributed by atoms with Crippen LogP contribution in [0, 0.1) is 6.92 Å². The van der Waals surface area contributed by atoms with E-state index in [9.17, 15) is 9.90 Å². The molecule has 0 saturated carbocycles. The van der Waals surface area contributed by atoms with Gasteiger partial charge < -0.3 is 15.1 Å². The molecule has 98 valence electrons. The van der Waals surface area contributed by atoms with Crippen molar-refractivity contribution in [1.29, 1.82) is 0 Å². The van der Waals surface area contributed by atoms with Crippen LogP contribution in [0.2, 0.25) is 0 Å². The lowest BCUT2D eigenvalue weighted by Gasteiger charge is -2.36. The van der Waals surface area contributed by atoms with Crippen molar-refractivity contribution in [3.63, 3.8) is 0 Å². The van der Waals surface area contributed by atoms with E-state index >= 15 is 0 Å². The topological polar surface area (TPSA) is 60.8 Å². The van der Waals surface area contributed by atoms with E-state index in [-0.39, 0.29) is 12.6 Å². The Hall–Kier alpha value is -1.55. The summed E-state index contributed by atoms with van der Waals surface area (Å²) in [4.78, 5) is 13.2. The van der Waals surface area contributed by atoms with Crippen molar-refractivity contribution in [3.8, 4) is 0 Å². The van der Waals surface area contributed by atoms with Gasteiger partial charge in [0.1, 0.15) is 0 Å². The molecular formula is C14H19NO3. The number of hydrogen-bond donors (Lipinski definition) is 2. The van der Waals surface area contributed by atoms with Crippen LogP contribution in [0.4, 0.5) is 5.69 Å². The molecule has 4 nitrogen and oxygen atoms in total. The van der Waals surface area contributed by atoms with Gasteiger partial charge in [0.25, 0.3) is 0 Å². The quantitative estimate of drug-likeness (QED) is 0.860. The van der Waals surface area contributed by atoms with Crippen molar-refractivity contribution in [3.05, 3.63) is 29.3 Å². The van der Waals surface area contributed by atoms with E-state index in [1.54, 1.807) is 6.07 Å². The molecule has 2 N–H and O–H groups in total. The van der Waals surface area contributed by atoms with Crippen LogP contribution < -0.4 is 4.90 Å². The van der Waals surface area contributed by atoms with E-state index in [0.717, 1.165) is 37.1 Å². The first-order valence-corrected chi connectivity index (χ1v) is 6.35. The molecule has 1 fully saturated rings. The number of benzene rings is 1. The van der Waals surface area contributed by atoms with Crippen LogP contribution in [-0.2, 0) is 0 Å². The van der Waals surface area contributed by atoms with Crippen LogP contribution >= 0.6 is 0 Å². The molecule has 1 aliphatic rings. The molecule has 0 aliphatic carbocycles. The Kier molecular flexibility index (Phi) is 3.87. The number of aryl methyl sites for hydroxylation is 1. The number of aromatic carboxylic acids is 1. The summed E-state index contributed by atoms with van der Waals surface area (Å²) in [5.74, 6) is -0.892. The summed E-state index contributed by atoms with van der Waals surface area (Å²) in [6.45, 7) is 2.89. The zero-order chi connectivity index (χ0) is 13.1. The van der Waals surface area contributed by atoms with E-state index < -0.39 is 5.97 Å². The van der Waals surface area contributed by atoms with Crippen LogP contribution in [0.15, 0.2) is 18.2 Å². The van der Waals surface area contributed by atoms with E-state index in [4.69, 9.17) is 5.11 Å². The first-order chi connectivity index (χ1) is 8.63. The van der Waals surface area contributed by atoms with Crippen molar-refractivity contribution in [1.82, 2.24) is 0 Å². The third-order valence-electron chi connectivity index (χ3n) is 3.61. The predicted octanol–water partition coefficient (Wildman–Crippen LogP) is 2.04. The number of carbonyl (C=O) groups is 1. The molecule has 1 unspecified atom stereocenters. The summed E-state index contributed by atoms with van der Waals surface area (Å²) < 4.78 is 0. The minimum Gasteiger partial charge on any atom is -0.478 e. The Morgan fingerprint density at radius 3 is 2.83 bits per heavy atom. The highest BCUT2D eigenvalue weighted by atomic mass is 16.4. The fourth-order valence-electron chi connectivity index (χ4n) is 2.60. The SMILES string of the molecule is Cc1cc(N2CCCCC2CO)ccc1C(=O)O. The van der Waals surface area contributed by atoms with Gasteiger partial charge in [-0.2, -0.15) is 0 Å². The van der Waals surface area contributed by atoms with Crippen molar-refractivity contribution in [2.45, 2.75) is 32.2 Å². The van der Waals surface area contributed by atoms with Gasteiger partial charge in [-0.1, -0.05) is 0 Å². The van der Waals surface area contributed by atoms with Crippen LogP contribution in [-0.4, -0.2) is 35.4 Å². The molecule has 0 aromatic heterocycles. The predicted molar refractivity (Wildman–Crippen MR) is 70.2 cm³/mol. The van der Waals surface area contributed by atoms with Gasteiger partial charge in [0.15, 0.2) is 0 Å². The number of hydrogen-bond acceptors (Lipinski definition) is 3. The second-order valence-electron chi connectivity index (χ2n) is 4.83. The molecule has 0 spiro atoms. The second-order valence-corrected chi connectivity index (χ2v) is 4.83. The van der Waals surface area contributed by atoms with Crippen molar-refractivity contribution in [2.75, 3.05) is 18.1 Å². The maximum atomic E-state index is 11.0. The first kappa shape index (κ1) is 12.9. The van der Waals surface area contributed by atoms with E-state index in [1.807, 2.05) is 19.1 Å². The van der Waals surface area contributed by atoms with Crippen LogP contribution in [0.5, 0.6) is 0 Å². The highest BCUT2D eigenvalue weighted by molar-refractivity contribution is 5.89. The molecular weight excluding hydrogens is 230 g/mol. The van der Waals surface area contributed by atoms with Crippen molar-refractivity contribution in [2.24, 2.45) is 0 Å². The maximum Gasteiger partial charge on any atom is 0.335 e. The molecule has 0 radical (unpaired) electrons. The zero-order valence-electron chi connectivity index (χ0n) is 10.6. The average Bonchev–Trinajstić information content (AvgIpc) is 2.38. The number of carboxylic acids is 1. The smallest absolute Gasteiger partial charge is 0.335 e. The molecule has 1 saturated heterocycles. The minimum absolute atomic E-state index is 0.153. The number of carboxylic acid groups (broad SMARTS) is 1. The number of anilines is 1.